The van der Waals surface area contributed by atoms with E-state index in [0.29, 0.717) is 5.76 Å². The van der Waals surface area contributed by atoms with Crippen molar-refractivity contribution in [3.8, 4) is 12.3 Å². The van der Waals surface area contributed by atoms with Crippen molar-refractivity contribution >= 4 is 0 Å². The van der Waals surface area contributed by atoms with Gasteiger partial charge in [-0.15, -0.1) is 6.42 Å². The molecule has 0 N–H and O–H groups in total. The second-order valence-corrected chi connectivity index (χ2v) is 3.26. The fourth-order valence-corrected chi connectivity index (χ4v) is 1.16. The van der Waals surface area contributed by atoms with Crippen LogP contribution in [0.15, 0.2) is 60.1 Å². The summed E-state index contributed by atoms with van der Waals surface area (Å²) in [7, 11) is 0. The normalized spacial score (nSPS) is 15.2. The Morgan fingerprint density at radius 2 is 2.47 bits per heavy atom. The maximum Gasteiger partial charge on any atom is 0.127 e. The van der Waals surface area contributed by atoms with E-state index in [2.05, 4.69) is 25.5 Å². The van der Waals surface area contributed by atoms with E-state index in [1.807, 2.05) is 18.2 Å². The molecule has 0 unspecified atom stereocenters. The molecule has 0 radical (unpaired) electrons. The van der Waals surface area contributed by atoms with Gasteiger partial charge in [-0.05, 0) is 37.6 Å². The SMILES string of the molecule is C#C/C=C\C(=C)OC1=CC=CCC(C)=C1. The quantitative estimate of drug-likeness (QED) is 0.383. The Bertz CT molecular complexity index is 398. The zero-order valence-electron chi connectivity index (χ0n) is 8.86. The van der Waals surface area contributed by atoms with Crippen LogP contribution in [0.25, 0.3) is 0 Å². The Hall–Kier alpha value is -1.94. The summed E-state index contributed by atoms with van der Waals surface area (Å²) in [6, 6.07) is 0. The molecule has 0 amide bonds. The first kappa shape index (κ1) is 11.1. The molecular weight excluding hydrogens is 184 g/mol. The highest BCUT2D eigenvalue weighted by Gasteiger charge is 1.99. The molecule has 0 aromatic heterocycles. The molecule has 0 aliphatic heterocycles. The van der Waals surface area contributed by atoms with Gasteiger partial charge in [-0.3, -0.25) is 0 Å². The Morgan fingerprint density at radius 1 is 1.67 bits per heavy atom. The third-order valence-corrected chi connectivity index (χ3v) is 1.84. The minimum Gasteiger partial charge on any atom is -0.458 e. The van der Waals surface area contributed by atoms with Crippen LogP contribution in [-0.4, -0.2) is 0 Å². The predicted molar refractivity (Wildman–Crippen MR) is 63.8 cm³/mol. The van der Waals surface area contributed by atoms with Crippen molar-refractivity contribution in [2.75, 3.05) is 0 Å². The first-order valence-electron chi connectivity index (χ1n) is 4.76. The van der Waals surface area contributed by atoms with Gasteiger partial charge < -0.3 is 4.74 Å². The van der Waals surface area contributed by atoms with E-state index in [1.54, 1.807) is 12.2 Å². The van der Waals surface area contributed by atoms with E-state index >= 15 is 0 Å². The van der Waals surface area contributed by atoms with Crippen molar-refractivity contribution in [2.24, 2.45) is 0 Å². The first-order valence-corrected chi connectivity index (χ1v) is 4.76. The van der Waals surface area contributed by atoms with Crippen LogP contribution in [0.2, 0.25) is 0 Å². The molecule has 1 aliphatic carbocycles. The molecule has 0 heterocycles. The largest absolute Gasteiger partial charge is 0.458 e. The van der Waals surface area contributed by atoms with Gasteiger partial charge in [0.15, 0.2) is 0 Å². The number of hydrogen-bond acceptors (Lipinski definition) is 1. The number of hydrogen-bond donors (Lipinski definition) is 0. The molecule has 1 nitrogen and oxygen atoms in total. The molecular formula is C14H14O. The molecule has 1 aliphatic rings. The zero-order valence-corrected chi connectivity index (χ0v) is 8.86. The lowest BCUT2D eigenvalue weighted by atomic mass is 10.2. The van der Waals surface area contributed by atoms with Crippen molar-refractivity contribution in [3.05, 3.63) is 60.1 Å². The number of terminal acetylenes is 1. The second kappa shape index (κ2) is 5.72. The average molecular weight is 198 g/mol. The van der Waals surface area contributed by atoms with E-state index in [1.165, 1.54) is 5.57 Å². The molecule has 0 fully saturated rings. The van der Waals surface area contributed by atoms with Crippen LogP contribution >= 0.6 is 0 Å². The van der Waals surface area contributed by atoms with Crippen LogP contribution in [-0.2, 0) is 4.74 Å². The molecule has 0 bridgehead atoms. The van der Waals surface area contributed by atoms with Crippen LogP contribution in [0.3, 0.4) is 0 Å². The highest BCUT2D eigenvalue weighted by molar-refractivity contribution is 5.29. The molecule has 0 aromatic rings. The highest BCUT2D eigenvalue weighted by Crippen LogP contribution is 2.15. The zero-order chi connectivity index (χ0) is 11.1. The van der Waals surface area contributed by atoms with Crippen molar-refractivity contribution in [2.45, 2.75) is 13.3 Å². The second-order valence-electron chi connectivity index (χ2n) is 3.26. The monoisotopic (exact) mass is 198 g/mol. The summed E-state index contributed by atoms with van der Waals surface area (Å²) in [6.45, 7) is 5.81. The topological polar surface area (TPSA) is 9.23 Å². The van der Waals surface area contributed by atoms with E-state index in [-0.39, 0.29) is 0 Å². The van der Waals surface area contributed by atoms with E-state index in [4.69, 9.17) is 11.2 Å². The summed E-state index contributed by atoms with van der Waals surface area (Å²) >= 11 is 0. The van der Waals surface area contributed by atoms with Crippen molar-refractivity contribution in [3.63, 3.8) is 0 Å². The predicted octanol–water partition coefficient (Wildman–Crippen LogP) is 3.50. The summed E-state index contributed by atoms with van der Waals surface area (Å²) < 4.78 is 5.50. The fourth-order valence-electron chi connectivity index (χ4n) is 1.16. The van der Waals surface area contributed by atoms with Gasteiger partial charge in [-0.2, -0.15) is 0 Å². The molecule has 76 valence electrons. The maximum atomic E-state index is 5.50. The Labute approximate surface area is 91.1 Å². The lowest BCUT2D eigenvalue weighted by Crippen LogP contribution is -1.87. The maximum absolute atomic E-state index is 5.50. The van der Waals surface area contributed by atoms with Crippen molar-refractivity contribution in [1.82, 2.24) is 0 Å². The molecule has 0 saturated carbocycles. The molecule has 15 heavy (non-hydrogen) atoms. The minimum atomic E-state index is 0.540. The Morgan fingerprint density at radius 3 is 3.20 bits per heavy atom. The molecule has 0 aromatic carbocycles. The van der Waals surface area contributed by atoms with Gasteiger partial charge in [0.25, 0.3) is 0 Å². The number of allylic oxidation sites excluding steroid dienone is 7. The summed E-state index contributed by atoms with van der Waals surface area (Å²) in [5.41, 5.74) is 1.25. The van der Waals surface area contributed by atoms with Gasteiger partial charge in [0.2, 0.25) is 0 Å². The Kier molecular flexibility index (Phi) is 4.25. The molecule has 0 saturated heterocycles. The van der Waals surface area contributed by atoms with Crippen LogP contribution in [0.1, 0.15) is 13.3 Å². The molecule has 0 spiro atoms. The van der Waals surface area contributed by atoms with Crippen molar-refractivity contribution in [1.29, 1.82) is 0 Å². The first-order chi connectivity index (χ1) is 7.22. The van der Waals surface area contributed by atoms with Crippen LogP contribution < -0.4 is 0 Å². The van der Waals surface area contributed by atoms with E-state index in [9.17, 15) is 0 Å². The van der Waals surface area contributed by atoms with Gasteiger partial charge in [0.1, 0.15) is 11.5 Å². The molecule has 1 rings (SSSR count). The van der Waals surface area contributed by atoms with Gasteiger partial charge in [-0.25, -0.2) is 0 Å². The van der Waals surface area contributed by atoms with Gasteiger partial charge >= 0.3 is 0 Å². The van der Waals surface area contributed by atoms with Crippen molar-refractivity contribution < 1.29 is 4.74 Å². The van der Waals surface area contributed by atoms with E-state index in [0.717, 1.165) is 12.2 Å². The third kappa shape index (κ3) is 4.19. The molecule has 1 heteroatoms. The summed E-state index contributed by atoms with van der Waals surface area (Å²) in [5.74, 6) is 3.71. The van der Waals surface area contributed by atoms with Gasteiger partial charge in [0, 0.05) is 0 Å². The summed E-state index contributed by atoms with van der Waals surface area (Å²) in [5, 5.41) is 0. The standard InChI is InChI=1S/C14H14O/c1-4-5-9-13(3)15-14-10-7-6-8-12(2)11-14/h1,5-7,9-11H,3,8H2,2H3/b9-5-. The lowest BCUT2D eigenvalue weighted by Gasteiger charge is -2.05. The van der Waals surface area contributed by atoms with Crippen LogP contribution in [0.5, 0.6) is 0 Å². The van der Waals surface area contributed by atoms with Crippen LogP contribution in [0, 0.1) is 12.3 Å². The fraction of sp³-hybridized carbons (Fsp3) is 0.143. The number of rotatable bonds is 3. The van der Waals surface area contributed by atoms with Crippen LogP contribution in [0.4, 0.5) is 0 Å². The summed E-state index contributed by atoms with van der Waals surface area (Å²) in [6.07, 6.45) is 17.2. The lowest BCUT2D eigenvalue weighted by molar-refractivity contribution is 0.338. The highest BCUT2D eigenvalue weighted by atomic mass is 16.5. The van der Waals surface area contributed by atoms with Gasteiger partial charge in [-0.1, -0.05) is 30.2 Å². The third-order valence-electron chi connectivity index (χ3n) is 1.84. The minimum absolute atomic E-state index is 0.540. The number of ether oxygens (including phenoxy) is 1. The van der Waals surface area contributed by atoms with E-state index < -0.39 is 0 Å². The smallest absolute Gasteiger partial charge is 0.127 e. The molecule has 0 atom stereocenters. The Balaban J connectivity index is 2.66. The van der Waals surface area contributed by atoms with Gasteiger partial charge in [0.05, 0.1) is 0 Å². The average Bonchev–Trinajstić information content (AvgIpc) is 2.39. The summed E-state index contributed by atoms with van der Waals surface area (Å²) in [4.78, 5) is 0.